The van der Waals surface area contributed by atoms with Crippen molar-refractivity contribution in [2.24, 2.45) is 5.92 Å². The zero-order valence-electron chi connectivity index (χ0n) is 15.5. The van der Waals surface area contributed by atoms with Crippen molar-refractivity contribution >= 4 is 6.03 Å². The maximum Gasteiger partial charge on any atom is 0.317 e. The van der Waals surface area contributed by atoms with Crippen molar-refractivity contribution in [3.8, 4) is 11.8 Å². The Hall–Kier alpha value is -3.27. The van der Waals surface area contributed by atoms with Crippen LogP contribution in [0.1, 0.15) is 23.6 Å². The number of carbonyl (C=O) groups excluding carboxylic acids is 1. The van der Waals surface area contributed by atoms with Crippen molar-refractivity contribution in [1.29, 1.82) is 5.26 Å². The van der Waals surface area contributed by atoms with Crippen LogP contribution >= 0.6 is 0 Å². The summed E-state index contributed by atoms with van der Waals surface area (Å²) in [7, 11) is 0. The molecular weight excluding hydrogens is 356 g/mol. The third kappa shape index (κ3) is 3.72. The highest BCUT2D eigenvalue weighted by Crippen LogP contribution is 2.34. The highest BCUT2D eigenvalue weighted by atomic mass is 16.5. The second-order valence-electron chi connectivity index (χ2n) is 7.32. The average molecular weight is 378 g/mol. The second kappa shape index (κ2) is 7.77. The lowest BCUT2D eigenvalue weighted by molar-refractivity contribution is 0.130. The summed E-state index contributed by atoms with van der Waals surface area (Å²) in [5.41, 5.74) is 1.66. The number of nitrogens with zero attached hydrogens (tertiary/aromatic N) is 3. The molecule has 2 aliphatic heterocycles. The summed E-state index contributed by atoms with van der Waals surface area (Å²) in [4.78, 5) is 26.5. The zero-order chi connectivity index (χ0) is 19.5. The normalized spacial score (nSPS) is 20.0. The Morgan fingerprint density at radius 1 is 1.18 bits per heavy atom. The maximum absolute atomic E-state index is 12.6. The van der Waals surface area contributed by atoms with Gasteiger partial charge in [0.2, 0.25) is 0 Å². The van der Waals surface area contributed by atoms with Gasteiger partial charge in [-0.3, -0.25) is 4.79 Å². The number of carbonyl (C=O) groups is 1. The predicted molar refractivity (Wildman–Crippen MR) is 103 cm³/mol. The molecule has 2 aliphatic rings. The highest BCUT2D eigenvalue weighted by Gasteiger charge is 2.36. The monoisotopic (exact) mass is 378 g/mol. The number of nitriles is 1. The van der Waals surface area contributed by atoms with Crippen LogP contribution in [-0.2, 0) is 6.54 Å². The van der Waals surface area contributed by atoms with Gasteiger partial charge in [0.1, 0.15) is 12.4 Å². The van der Waals surface area contributed by atoms with Crippen LogP contribution in [0.3, 0.4) is 0 Å². The lowest BCUT2D eigenvalue weighted by Gasteiger charge is -2.42. The number of likely N-dealkylation sites (tertiary alicyclic amines) is 1. The molecule has 1 saturated heterocycles. The number of fused-ring (bicyclic) bond motifs is 4. The smallest absolute Gasteiger partial charge is 0.317 e. The molecule has 2 amide bonds. The summed E-state index contributed by atoms with van der Waals surface area (Å²) in [5, 5.41) is 11.7. The van der Waals surface area contributed by atoms with Crippen molar-refractivity contribution in [3.05, 3.63) is 64.1 Å². The van der Waals surface area contributed by atoms with E-state index in [1.165, 1.54) is 0 Å². The van der Waals surface area contributed by atoms with E-state index in [9.17, 15) is 9.59 Å². The minimum absolute atomic E-state index is 0.0463. The van der Waals surface area contributed by atoms with Crippen LogP contribution in [0.25, 0.3) is 0 Å². The van der Waals surface area contributed by atoms with Gasteiger partial charge in [0.15, 0.2) is 0 Å². The molecule has 0 saturated carbocycles. The summed E-state index contributed by atoms with van der Waals surface area (Å²) in [6.45, 7) is 2.73. The van der Waals surface area contributed by atoms with Gasteiger partial charge in [0.25, 0.3) is 5.56 Å². The van der Waals surface area contributed by atoms with Gasteiger partial charge in [-0.2, -0.15) is 5.26 Å². The minimum atomic E-state index is -0.0927. The SMILES string of the molecule is N#Cc1ccc(OCCNC(=O)N2C[C@@H]3C[C@H](C2)c2cccc(=O)n2C3)cc1. The zero-order valence-corrected chi connectivity index (χ0v) is 15.5. The van der Waals surface area contributed by atoms with E-state index in [1.807, 2.05) is 15.5 Å². The molecule has 1 aromatic carbocycles. The maximum atomic E-state index is 12.6. The van der Waals surface area contributed by atoms with Gasteiger partial charge >= 0.3 is 6.03 Å². The Morgan fingerprint density at radius 3 is 2.79 bits per heavy atom. The molecule has 28 heavy (non-hydrogen) atoms. The first-order valence-electron chi connectivity index (χ1n) is 9.49. The summed E-state index contributed by atoms with van der Waals surface area (Å²) >= 11 is 0. The standard InChI is InChI=1S/C21H22N4O3/c22-11-15-4-6-18(7-5-15)28-9-8-23-21(27)24-12-16-10-17(14-24)19-2-1-3-20(26)25(19)13-16/h1-7,16-17H,8-10,12-14H2,(H,23,27)/t16-,17+/m0/s1. The molecule has 0 radical (unpaired) electrons. The summed E-state index contributed by atoms with van der Waals surface area (Å²) in [6.07, 6.45) is 1.02. The molecule has 1 aromatic heterocycles. The fraction of sp³-hybridized carbons (Fsp3) is 0.381. The van der Waals surface area contributed by atoms with Gasteiger partial charge in [0.05, 0.1) is 18.2 Å². The van der Waals surface area contributed by atoms with E-state index >= 15 is 0 Å². The molecule has 7 nitrogen and oxygen atoms in total. The second-order valence-corrected chi connectivity index (χ2v) is 7.32. The molecule has 0 unspecified atom stereocenters. The fourth-order valence-electron chi connectivity index (χ4n) is 4.13. The molecule has 4 rings (SSSR count). The van der Waals surface area contributed by atoms with E-state index in [0.717, 1.165) is 12.1 Å². The summed E-state index contributed by atoms with van der Waals surface area (Å²) in [6, 6.07) is 14.2. The van der Waals surface area contributed by atoms with E-state index in [0.29, 0.717) is 50.0 Å². The van der Waals surface area contributed by atoms with E-state index in [1.54, 1.807) is 36.4 Å². The van der Waals surface area contributed by atoms with Crippen LogP contribution < -0.4 is 15.6 Å². The molecule has 2 aromatic rings. The van der Waals surface area contributed by atoms with Gasteiger partial charge < -0.3 is 19.5 Å². The molecule has 0 aliphatic carbocycles. The van der Waals surface area contributed by atoms with Crippen molar-refractivity contribution < 1.29 is 9.53 Å². The Labute approximate surface area is 163 Å². The first-order valence-corrected chi connectivity index (χ1v) is 9.49. The summed E-state index contributed by atoms with van der Waals surface area (Å²) in [5.74, 6) is 1.19. The van der Waals surface area contributed by atoms with Crippen molar-refractivity contribution in [3.63, 3.8) is 0 Å². The molecular formula is C21H22N4O3. The van der Waals surface area contributed by atoms with Crippen LogP contribution in [0, 0.1) is 17.2 Å². The summed E-state index contributed by atoms with van der Waals surface area (Å²) < 4.78 is 7.46. The molecule has 3 heterocycles. The van der Waals surface area contributed by atoms with Gasteiger partial charge in [0, 0.05) is 37.3 Å². The minimum Gasteiger partial charge on any atom is -0.492 e. The Kier molecular flexibility index (Phi) is 5.02. The van der Waals surface area contributed by atoms with E-state index < -0.39 is 0 Å². The highest BCUT2D eigenvalue weighted by molar-refractivity contribution is 5.74. The molecule has 7 heteroatoms. The van der Waals surface area contributed by atoms with Gasteiger partial charge in [-0.25, -0.2) is 4.79 Å². The first kappa shape index (κ1) is 18.1. The number of ether oxygens (including phenoxy) is 1. The van der Waals surface area contributed by atoms with Gasteiger partial charge in [-0.15, -0.1) is 0 Å². The average Bonchev–Trinajstić information content (AvgIpc) is 2.72. The number of benzene rings is 1. The van der Waals surface area contributed by atoms with Crippen LogP contribution in [0.15, 0.2) is 47.3 Å². The Bertz CT molecular complexity index is 961. The number of amides is 2. The van der Waals surface area contributed by atoms with Crippen molar-refractivity contribution in [1.82, 2.24) is 14.8 Å². The van der Waals surface area contributed by atoms with E-state index in [-0.39, 0.29) is 17.5 Å². The molecule has 2 atom stereocenters. The number of piperidine rings is 1. The third-order valence-corrected chi connectivity index (χ3v) is 5.40. The number of hydrogen-bond acceptors (Lipinski definition) is 4. The van der Waals surface area contributed by atoms with Crippen LogP contribution in [0.5, 0.6) is 5.75 Å². The number of aromatic nitrogens is 1. The quantitative estimate of drug-likeness (QED) is 0.824. The number of urea groups is 1. The predicted octanol–water partition coefficient (Wildman–Crippen LogP) is 1.93. The van der Waals surface area contributed by atoms with E-state index in [2.05, 4.69) is 11.4 Å². The first-order chi connectivity index (χ1) is 13.6. The number of nitrogens with one attached hydrogen (secondary N) is 1. The fourth-order valence-corrected chi connectivity index (χ4v) is 4.13. The van der Waals surface area contributed by atoms with Crippen LogP contribution in [-0.4, -0.2) is 41.7 Å². The molecule has 1 N–H and O–H groups in total. The molecule has 1 fully saturated rings. The van der Waals surface area contributed by atoms with Crippen molar-refractivity contribution in [2.75, 3.05) is 26.2 Å². The van der Waals surface area contributed by atoms with Gasteiger partial charge in [-0.05, 0) is 42.7 Å². The van der Waals surface area contributed by atoms with Crippen LogP contribution in [0.4, 0.5) is 4.79 Å². The third-order valence-electron chi connectivity index (χ3n) is 5.40. The lowest BCUT2D eigenvalue weighted by Crippen LogP contribution is -2.52. The lowest BCUT2D eigenvalue weighted by atomic mass is 9.83. The van der Waals surface area contributed by atoms with Gasteiger partial charge in [-0.1, -0.05) is 6.07 Å². The van der Waals surface area contributed by atoms with Crippen molar-refractivity contribution in [2.45, 2.75) is 18.9 Å². The van der Waals surface area contributed by atoms with Crippen LogP contribution in [0.2, 0.25) is 0 Å². The largest absolute Gasteiger partial charge is 0.492 e. The van der Waals surface area contributed by atoms with E-state index in [4.69, 9.17) is 10.00 Å². The molecule has 144 valence electrons. The number of pyridine rings is 1. The number of hydrogen-bond donors (Lipinski definition) is 1. The molecule has 2 bridgehead atoms. The Balaban J connectivity index is 1.29. The topological polar surface area (TPSA) is 87.4 Å². The Morgan fingerprint density at radius 2 is 2.00 bits per heavy atom. The molecule has 0 spiro atoms. The number of rotatable bonds is 4.